The van der Waals surface area contributed by atoms with E-state index < -0.39 is 17.2 Å². The van der Waals surface area contributed by atoms with E-state index in [-0.39, 0.29) is 23.2 Å². The van der Waals surface area contributed by atoms with Gasteiger partial charge in [-0.1, -0.05) is 33.3 Å². The lowest BCUT2D eigenvalue weighted by Gasteiger charge is -2.61. The van der Waals surface area contributed by atoms with Crippen molar-refractivity contribution in [1.29, 1.82) is 0 Å². The Bertz CT molecular complexity index is 651. The molecule has 2 fully saturated rings. The zero-order valence-electron chi connectivity index (χ0n) is 16.7. The second-order valence-corrected chi connectivity index (χ2v) is 9.61. The molecule has 0 unspecified atom stereocenters. The average molecular weight is 364 g/mol. The Morgan fingerprint density at radius 2 is 1.88 bits per heavy atom. The minimum atomic E-state index is -0.866. The maximum atomic E-state index is 12.7. The number of methoxy groups -OCH3 is 1. The molecule has 5 heteroatoms. The number of carbonyl (C=O) groups is 2. The smallest absolute Gasteiger partial charge is 0.336 e. The molecular formula is C21H32O5. The van der Waals surface area contributed by atoms with E-state index in [9.17, 15) is 14.7 Å². The minimum absolute atomic E-state index is 0.0483. The zero-order valence-corrected chi connectivity index (χ0v) is 16.7. The summed E-state index contributed by atoms with van der Waals surface area (Å²) in [5.41, 5.74) is -0.960. The molecule has 1 N–H and O–H groups in total. The number of allylic oxidation sites excluding steroid dienone is 1. The third kappa shape index (κ3) is 2.70. The molecule has 1 saturated heterocycles. The van der Waals surface area contributed by atoms with Crippen molar-refractivity contribution in [3.05, 3.63) is 11.6 Å². The molecule has 1 saturated carbocycles. The molecule has 0 aromatic carbocycles. The second kappa shape index (κ2) is 6.08. The molecule has 146 valence electrons. The van der Waals surface area contributed by atoms with Gasteiger partial charge < -0.3 is 14.6 Å². The summed E-state index contributed by atoms with van der Waals surface area (Å²) in [5, 5.41) is 9.34. The van der Waals surface area contributed by atoms with Crippen molar-refractivity contribution in [2.45, 2.75) is 83.8 Å². The first-order valence-corrected chi connectivity index (χ1v) is 9.71. The fourth-order valence-corrected chi connectivity index (χ4v) is 6.25. The van der Waals surface area contributed by atoms with E-state index in [1.54, 1.807) is 0 Å². The molecule has 26 heavy (non-hydrogen) atoms. The summed E-state index contributed by atoms with van der Waals surface area (Å²) < 4.78 is 11.7. The summed E-state index contributed by atoms with van der Waals surface area (Å²) in [6.45, 7) is 8.74. The van der Waals surface area contributed by atoms with Gasteiger partial charge >= 0.3 is 11.9 Å². The van der Waals surface area contributed by atoms with E-state index in [1.165, 1.54) is 7.11 Å². The van der Waals surface area contributed by atoms with Gasteiger partial charge in [0.15, 0.2) is 0 Å². The Hall–Kier alpha value is -1.36. The standard InChI is InChI=1S/C21H32O5/c1-18(2)9-6-10-20(4)15(18)8-7-14(17(24)25-5)21(20)12-11-19(3,26-21)13-16(22)23/h7,15H,6,8-13H2,1-5H3,(H,22,23)/t15-,19-,20-,21+/m0/s1. The van der Waals surface area contributed by atoms with E-state index in [4.69, 9.17) is 9.47 Å². The lowest BCUT2D eigenvalue weighted by molar-refractivity contribution is -0.197. The predicted molar refractivity (Wildman–Crippen MR) is 97.7 cm³/mol. The molecule has 1 aliphatic heterocycles. The highest BCUT2D eigenvalue weighted by Gasteiger charge is 2.66. The molecule has 5 nitrogen and oxygen atoms in total. The van der Waals surface area contributed by atoms with Crippen LogP contribution in [0.1, 0.15) is 72.6 Å². The molecule has 2 aliphatic carbocycles. The molecule has 0 aromatic rings. The van der Waals surface area contributed by atoms with Crippen LogP contribution in [0.3, 0.4) is 0 Å². The lowest BCUT2D eigenvalue weighted by atomic mass is 9.46. The first-order valence-electron chi connectivity index (χ1n) is 9.71. The number of hydrogen-bond acceptors (Lipinski definition) is 4. The Labute approximate surface area is 156 Å². The van der Waals surface area contributed by atoms with E-state index in [0.29, 0.717) is 24.3 Å². The summed E-state index contributed by atoms with van der Waals surface area (Å²) in [7, 11) is 1.40. The molecule has 0 aromatic heterocycles. The molecule has 3 aliphatic rings. The normalized spacial score (nSPS) is 41.4. The number of hydrogen-bond donors (Lipinski definition) is 1. The quantitative estimate of drug-likeness (QED) is 0.763. The minimum Gasteiger partial charge on any atom is -0.481 e. The number of carboxylic acid groups (broad SMARTS) is 1. The van der Waals surface area contributed by atoms with Crippen molar-refractivity contribution in [1.82, 2.24) is 0 Å². The van der Waals surface area contributed by atoms with E-state index in [2.05, 4.69) is 20.8 Å². The van der Waals surface area contributed by atoms with Gasteiger partial charge in [0.2, 0.25) is 0 Å². The van der Waals surface area contributed by atoms with Crippen LogP contribution in [0.2, 0.25) is 0 Å². The van der Waals surface area contributed by atoms with Crippen LogP contribution in [0.15, 0.2) is 11.6 Å². The maximum absolute atomic E-state index is 12.7. The number of esters is 1. The SMILES string of the molecule is COC(=O)C1=CC[C@H]2C(C)(C)CCC[C@]2(C)[C@@]12CC[C@@](C)(CC(=O)O)O2. The fourth-order valence-electron chi connectivity index (χ4n) is 6.25. The Kier molecular flexibility index (Phi) is 4.54. The van der Waals surface area contributed by atoms with Gasteiger partial charge in [0.1, 0.15) is 5.60 Å². The molecule has 0 bridgehead atoms. The summed E-state index contributed by atoms with van der Waals surface area (Å²) in [4.78, 5) is 24.0. The number of aliphatic carboxylic acids is 1. The zero-order chi connectivity index (χ0) is 19.4. The molecule has 4 atom stereocenters. The Morgan fingerprint density at radius 1 is 1.19 bits per heavy atom. The Morgan fingerprint density at radius 3 is 2.50 bits per heavy atom. The van der Waals surface area contributed by atoms with Crippen LogP contribution in [0.25, 0.3) is 0 Å². The van der Waals surface area contributed by atoms with Crippen LogP contribution in [0, 0.1) is 16.7 Å². The maximum Gasteiger partial charge on any atom is 0.336 e. The van der Waals surface area contributed by atoms with Gasteiger partial charge in [-0.2, -0.15) is 0 Å². The van der Waals surface area contributed by atoms with Gasteiger partial charge in [0.05, 0.1) is 24.7 Å². The van der Waals surface area contributed by atoms with Crippen molar-refractivity contribution < 1.29 is 24.2 Å². The molecular weight excluding hydrogens is 332 g/mol. The highest BCUT2D eigenvalue weighted by molar-refractivity contribution is 5.91. The highest BCUT2D eigenvalue weighted by atomic mass is 16.5. The molecule has 3 rings (SSSR count). The van der Waals surface area contributed by atoms with E-state index in [0.717, 1.165) is 25.7 Å². The first-order chi connectivity index (χ1) is 12.0. The van der Waals surface area contributed by atoms with Crippen LogP contribution in [0.5, 0.6) is 0 Å². The van der Waals surface area contributed by atoms with Gasteiger partial charge in [0, 0.05) is 5.41 Å². The fraction of sp³-hybridized carbons (Fsp3) is 0.810. The number of ether oxygens (including phenoxy) is 2. The van der Waals surface area contributed by atoms with Crippen LogP contribution >= 0.6 is 0 Å². The van der Waals surface area contributed by atoms with Crippen LogP contribution in [-0.4, -0.2) is 35.4 Å². The average Bonchev–Trinajstić information content (AvgIpc) is 2.86. The predicted octanol–water partition coefficient (Wildman–Crippen LogP) is 4.10. The van der Waals surface area contributed by atoms with Crippen LogP contribution in [-0.2, 0) is 19.1 Å². The number of carboxylic acids is 1. The van der Waals surface area contributed by atoms with Gasteiger partial charge in [-0.15, -0.1) is 0 Å². The van der Waals surface area contributed by atoms with Gasteiger partial charge in [0.25, 0.3) is 0 Å². The highest BCUT2D eigenvalue weighted by Crippen LogP contribution is 2.66. The van der Waals surface area contributed by atoms with Crippen molar-refractivity contribution in [3.8, 4) is 0 Å². The van der Waals surface area contributed by atoms with E-state index in [1.807, 2.05) is 13.0 Å². The third-order valence-corrected chi connectivity index (χ3v) is 7.50. The van der Waals surface area contributed by atoms with Gasteiger partial charge in [-0.05, 0) is 50.4 Å². The largest absolute Gasteiger partial charge is 0.481 e. The van der Waals surface area contributed by atoms with Crippen molar-refractivity contribution in [2.24, 2.45) is 16.7 Å². The van der Waals surface area contributed by atoms with Gasteiger partial charge in [-0.3, -0.25) is 4.79 Å². The summed E-state index contributed by atoms with van der Waals surface area (Å²) in [5.74, 6) is -0.813. The van der Waals surface area contributed by atoms with Crippen molar-refractivity contribution >= 4 is 11.9 Å². The number of carbonyl (C=O) groups excluding carboxylic acids is 1. The van der Waals surface area contributed by atoms with Crippen molar-refractivity contribution in [3.63, 3.8) is 0 Å². The first kappa shape index (κ1) is 19.4. The summed E-state index contributed by atoms with van der Waals surface area (Å²) in [6, 6.07) is 0. The molecule has 1 spiro atoms. The third-order valence-electron chi connectivity index (χ3n) is 7.50. The Balaban J connectivity index is 2.11. The van der Waals surface area contributed by atoms with Crippen LogP contribution < -0.4 is 0 Å². The van der Waals surface area contributed by atoms with E-state index >= 15 is 0 Å². The number of fused-ring (bicyclic) bond motifs is 2. The molecule has 1 heterocycles. The second-order valence-electron chi connectivity index (χ2n) is 9.61. The number of rotatable bonds is 3. The molecule has 0 amide bonds. The molecule has 0 radical (unpaired) electrons. The topological polar surface area (TPSA) is 72.8 Å². The van der Waals surface area contributed by atoms with Crippen molar-refractivity contribution in [2.75, 3.05) is 7.11 Å². The van der Waals surface area contributed by atoms with Crippen LogP contribution in [0.4, 0.5) is 0 Å². The summed E-state index contributed by atoms with van der Waals surface area (Å²) in [6.07, 6.45) is 7.35. The monoisotopic (exact) mass is 364 g/mol. The van der Waals surface area contributed by atoms with Gasteiger partial charge in [-0.25, -0.2) is 4.79 Å². The lowest BCUT2D eigenvalue weighted by Crippen LogP contribution is -2.61. The summed E-state index contributed by atoms with van der Waals surface area (Å²) >= 11 is 0.